The summed E-state index contributed by atoms with van der Waals surface area (Å²) >= 11 is 0. The van der Waals surface area contributed by atoms with Gasteiger partial charge in [-0.1, -0.05) is 0 Å². The number of nitrogens with zero attached hydrogens (tertiary/aromatic N) is 4. The highest BCUT2D eigenvalue weighted by molar-refractivity contribution is 5.93. The predicted octanol–water partition coefficient (Wildman–Crippen LogP) is 0.346. The van der Waals surface area contributed by atoms with Gasteiger partial charge in [0, 0.05) is 49.7 Å². The Morgan fingerprint density at radius 1 is 1.34 bits per heavy atom. The molecule has 0 unspecified atom stereocenters. The molecule has 1 fully saturated rings. The van der Waals surface area contributed by atoms with Gasteiger partial charge < -0.3 is 20.9 Å². The smallest absolute Gasteiger partial charge is 0.254 e. The Morgan fingerprint density at radius 2 is 2.14 bits per heavy atom. The maximum absolute atomic E-state index is 12.6. The first-order valence-corrected chi connectivity index (χ1v) is 10.1. The van der Waals surface area contributed by atoms with Gasteiger partial charge in [0.2, 0.25) is 5.91 Å². The van der Waals surface area contributed by atoms with Gasteiger partial charge in [-0.2, -0.15) is 5.10 Å². The Labute approximate surface area is 171 Å². The van der Waals surface area contributed by atoms with Crippen molar-refractivity contribution in [1.29, 1.82) is 0 Å². The fraction of sp³-hybridized carbons (Fsp3) is 0.600. The van der Waals surface area contributed by atoms with E-state index in [0.717, 1.165) is 31.6 Å². The van der Waals surface area contributed by atoms with E-state index in [4.69, 9.17) is 0 Å². The second-order valence-corrected chi connectivity index (χ2v) is 8.29. The number of carbonyl (C=O) groups excluding carboxylic acids is 2. The lowest BCUT2D eigenvalue weighted by Gasteiger charge is -2.29. The number of likely N-dealkylation sites (N-methyl/N-ethyl adjacent to an activating group) is 1. The van der Waals surface area contributed by atoms with Crippen LogP contribution in [-0.4, -0.2) is 76.1 Å². The molecule has 1 aliphatic heterocycles. The molecule has 9 nitrogen and oxygen atoms in total. The SMILES string of the molecule is CNC[C@@H]1CCCN1C(=O)CNC(C)(C)CNC(=O)c1cnc2cc(C)nn2c1. The number of carbonyl (C=O) groups is 2. The molecule has 0 radical (unpaired) electrons. The summed E-state index contributed by atoms with van der Waals surface area (Å²) in [4.78, 5) is 31.3. The largest absolute Gasteiger partial charge is 0.350 e. The Kier molecular flexibility index (Phi) is 6.49. The molecule has 1 atom stereocenters. The van der Waals surface area contributed by atoms with Crippen LogP contribution in [0.1, 0.15) is 42.7 Å². The molecule has 29 heavy (non-hydrogen) atoms. The minimum Gasteiger partial charge on any atom is -0.350 e. The van der Waals surface area contributed by atoms with Gasteiger partial charge in [-0.3, -0.25) is 9.59 Å². The molecule has 2 aromatic rings. The van der Waals surface area contributed by atoms with Crippen LogP contribution in [-0.2, 0) is 4.79 Å². The van der Waals surface area contributed by atoms with Crippen LogP contribution in [0.2, 0.25) is 0 Å². The zero-order valence-corrected chi connectivity index (χ0v) is 17.7. The van der Waals surface area contributed by atoms with E-state index in [0.29, 0.717) is 17.8 Å². The quantitative estimate of drug-likeness (QED) is 0.590. The molecular formula is C20H31N7O2. The number of hydrogen-bond acceptors (Lipinski definition) is 6. The van der Waals surface area contributed by atoms with Crippen molar-refractivity contribution in [3.8, 4) is 0 Å². The van der Waals surface area contributed by atoms with Gasteiger partial charge >= 0.3 is 0 Å². The third-order valence-electron chi connectivity index (χ3n) is 5.24. The number of hydrogen-bond donors (Lipinski definition) is 3. The van der Waals surface area contributed by atoms with E-state index in [-0.39, 0.29) is 24.4 Å². The fourth-order valence-electron chi connectivity index (χ4n) is 3.61. The van der Waals surface area contributed by atoms with Crippen LogP contribution >= 0.6 is 0 Å². The maximum atomic E-state index is 12.6. The molecular weight excluding hydrogens is 370 g/mol. The molecule has 0 spiro atoms. The van der Waals surface area contributed by atoms with E-state index >= 15 is 0 Å². The monoisotopic (exact) mass is 401 g/mol. The summed E-state index contributed by atoms with van der Waals surface area (Å²) in [6, 6.07) is 2.12. The third-order valence-corrected chi connectivity index (χ3v) is 5.24. The molecule has 1 saturated heterocycles. The number of likely N-dealkylation sites (tertiary alicyclic amines) is 1. The second-order valence-electron chi connectivity index (χ2n) is 8.29. The molecule has 0 saturated carbocycles. The number of fused-ring (bicyclic) bond motifs is 1. The van der Waals surface area contributed by atoms with Gasteiger partial charge in [0.1, 0.15) is 0 Å². The van der Waals surface area contributed by atoms with E-state index in [2.05, 4.69) is 26.0 Å². The van der Waals surface area contributed by atoms with Crippen molar-refractivity contribution in [1.82, 2.24) is 35.4 Å². The van der Waals surface area contributed by atoms with Crippen LogP contribution in [0.15, 0.2) is 18.5 Å². The Hall–Kier alpha value is -2.52. The van der Waals surface area contributed by atoms with Gasteiger partial charge in [0.05, 0.1) is 17.8 Å². The first-order chi connectivity index (χ1) is 13.8. The van der Waals surface area contributed by atoms with Crippen LogP contribution in [0.3, 0.4) is 0 Å². The van der Waals surface area contributed by atoms with Crippen LogP contribution < -0.4 is 16.0 Å². The molecule has 9 heteroatoms. The molecule has 0 aliphatic carbocycles. The van der Waals surface area contributed by atoms with Crippen molar-refractivity contribution in [2.75, 3.05) is 33.2 Å². The van der Waals surface area contributed by atoms with Crippen molar-refractivity contribution in [2.24, 2.45) is 0 Å². The number of aromatic nitrogens is 3. The lowest BCUT2D eigenvalue weighted by Crippen LogP contribution is -2.53. The van der Waals surface area contributed by atoms with Crippen molar-refractivity contribution in [3.63, 3.8) is 0 Å². The number of amides is 2. The fourth-order valence-corrected chi connectivity index (χ4v) is 3.61. The molecule has 3 rings (SSSR count). The van der Waals surface area contributed by atoms with Crippen LogP contribution in [0.4, 0.5) is 0 Å². The molecule has 158 valence electrons. The van der Waals surface area contributed by atoms with Crippen molar-refractivity contribution in [3.05, 3.63) is 29.7 Å². The molecule has 0 aromatic carbocycles. The average Bonchev–Trinajstić information content (AvgIpc) is 3.29. The molecule has 3 N–H and O–H groups in total. The number of nitrogens with one attached hydrogen (secondary N) is 3. The Balaban J connectivity index is 1.50. The zero-order chi connectivity index (χ0) is 21.0. The van der Waals surface area contributed by atoms with Gasteiger partial charge in [-0.25, -0.2) is 9.50 Å². The van der Waals surface area contributed by atoms with E-state index in [9.17, 15) is 9.59 Å². The maximum Gasteiger partial charge on any atom is 0.254 e. The van der Waals surface area contributed by atoms with Gasteiger partial charge in [-0.15, -0.1) is 0 Å². The summed E-state index contributed by atoms with van der Waals surface area (Å²) in [5.74, 6) is -0.117. The minimum atomic E-state index is -0.427. The molecule has 3 heterocycles. The molecule has 1 aliphatic rings. The lowest BCUT2D eigenvalue weighted by molar-refractivity contribution is -0.131. The Bertz CT molecular complexity index is 877. The first-order valence-electron chi connectivity index (χ1n) is 10.1. The van der Waals surface area contributed by atoms with E-state index in [1.807, 2.05) is 38.8 Å². The topological polar surface area (TPSA) is 104 Å². The molecule has 2 amide bonds. The summed E-state index contributed by atoms with van der Waals surface area (Å²) in [6.07, 6.45) is 5.31. The summed E-state index contributed by atoms with van der Waals surface area (Å²) < 4.78 is 1.60. The molecule has 2 aromatic heterocycles. The number of rotatable bonds is 8. The van der Waals surface area contributed by atoms with Crippen molar-refractivity contribution in [2.45, 2.75) is 45.2 Å². The van der Waals surface area contributed by atoms with Crippen LogP contribution in [0.5, 0.6) is 0 Å². The summed E-state index contributed by atoms with van der Waals surface area (Å²) in [6.45, 7) is 8.08. The number of aryl methyl sites for hydroxylation is 1. The Morgan fingerprint density at radius 3 is 2.90 bits per heavy atom. The first kappa shape index (κ1) is 21.2. The normalized spacial score (nSPS) is 17.1. The highest BCUT2D eigenvalue weighted by Crippen LogP contribution is 2.16. The highest BCUT2D eigenvalue weighted by atomic mass is 16.2. The second kappa shape index (κ2) is 8.87. The van der Waals surface area contributed by atoms with Gasteiger partial charge in [-0.05, 0) is 40.7 Å². The summed E-state index contributed by atoms with van der Waals surface area (Å²) in [5, 5.41) is 13.6. The van der Waals surface area contributed by atoms with Crippen LogP contribution in [0.25, 0.3) is 5.65 Å². The predicted molar refractivity (Wildman–Crippen MR) is 111 cm³/mol. The summed E-state index contributed by atoms with van der Waals surface area (Å²) in [7, 11) is 1.91. The zero-order valence-electron chi connectivity index (χ0n) is 17.7. The van der Waals surface area contributed by atoms with Crippen molar-refractivity contribution < 1.29 is 9.59 Å². The summed E-state index contributed by atoms with van der Waals surface area (Å²) in [5.41, 5.74) is 1.57. The van der Waals surface area contributed by atoms with E-state index in [1.165, 1.54) is 0 Å². The van der Waals surface area contributed by atoms with Gasteiger partial charge in [0.15, 0.2) is 5.65 Å². The standard InChI is InChI=1S/C20H31N7O2/c1-14-8-17-22-9-15(12-27(17)25-14)19(29)23-13-20(2,3)24-11-18(28)26-7-5-6-16(26)10-21-4/h8-9,12,16,21,24H,5-7,10-11,13H2,1-4H3,(H,23,29)/t16-/m0/s1. The van der Waals surface area contributed by atoms with Crippen LogP contribution in [0, 0.1) is 6.92 Å². The highest BCUT2D eigenvalue weighted by Gasteiger charge is 2.29. The van der Waals surface area contributed by atoms with Crippen molar-refractivity contribution >= 4 is 17.5 Å². The third kappa shape index (κ3) is 5.30. The lowest BCUT2D eigenvalue weighted by atomic mass is 10.1. The van der Waals surface area contributed by atoms with Gasteiger partial charge in [0.25, 0.3) is 5.91 Å². The van der Waals surface area contributed by atoms with E-state index in [1.54, 1.807) is 16.9 Å². The minimum absolute atomic E-state index is 0.103. The average molecular weight is 402 g/mol. The van der Waals surface area contributed by atoms with E-state index < -0.39 is 5.54 Å². The molecule has 0 bridgehead atoms.